The third-order valence-electron chi connectivity index (χ3n) is 4.47. The number of anilines is 1. The van der Waals surface area contributed by atoms with Gasteiger partial charge in [0.25, 0.3) is 0 Å². The monoisotopic (exact) mass is 289 g/mol. The van der Waals surface area contributed by atoms with Gasteiger partial charge in [-0.3, -0.25) is 0 Å². The van der Waals surface area contributed by atoms with E-state index in [0.717, 1.165) is 44.1 Å². The van der Waals surface area contributed by atoms with Crippen LogP contribution in [0, 0.1) is 6.07 Å². The first kappa shape index (κ1) is 14.7. The molecule has 0 aliphatic carbocycles. The fourth-order valence-corrected chi connectivity index (χ4v) is 3.06. The second-order valence-electron chi connectivity index (χ2n) is 6.06. The van der Waals surface area contributed by atoms with E-state index < -0.39 is 0 Å². The maximum atomic E-state index is 5.96. The molecule has 1 aromatic carbocycles. The number of ether oxygens (including phenoxy) is 2. The van der Waals surface area contributed by atoms with Crippen LogP contribution in [0.5, 0.6) is 5.75 Å². The summed E-state index contributed by atoms with van der Waals surface area (Å²) < 4.78 is 11.4. The number of hydrogen-bond acceptors (Lipinski definition) is 4. The molecular weight excluding hydrogens is 264 g/mol. The van der Waals surface area contributed by atoms with Crippen LogP contribution < -0.4 is 10.1 Å². The lowest BCUT2D eigenvalue weighted by Gasteiger charge is -2.24. The van der Waals surface area contributed by atoms with E-state index in [1.54, 1.807) is 0 Å². The van der Waals surface area contributed by atoms with Crippen LogP contribution >= 0.6 is 0 Å². The highest BCUT2D eigenvalue weighted by Gasteiger charge is 2.21. The first-order valence-corrected chi connectivity index (χ1v) is 8.00. The van der Waals surface area contributed by atoms with Gasteiger partial charge in [0.05, 0.1) is 0 Å². The molecule has 3 rings (SSSR count). The molecule has 2 aliphatic heterocycles. The van der Waals surface area contributed by atoms with Crippen molar-refractivity contribution in [2.24, 2.45) is 0 Å². The van der Waals surface area contributed by atoms with Crippen molar-refractivity contribution in [2.45, 2.75) is 37.8 Å². The van der Waals surface area contributed by atoms with Gasteiger partial charge in [-0.1, -0.05) is 0 Å². The van der Waals surface area contributed by atoms with E-state index in [0.29, 0.717) is 12.1 Å². The zero-order valence-corrected chi connectivity index (χ0v) is 12.8. The molecule has 0 bridgehead atoms. The van der Waals surface area contributed by atoms with Gasteiger partial charge >= 0.3 is 0 Å². The van der Waals surface area contributed by atoms with Crippen molar-refractivity contribution in [1.82, 2.24) is 4.90 Å². The van der Waals surface area contributed by atoms with Gasteiger partial charge in [0.2, 0.25) is 0 Å². The van der Waals surface area contributed by atoms with E-state index in [4.69, 9.17) is 9.47 Å². The lowest BCUT2D eigenvalue weighted by molar-refractivity contribution is 0.0904. The van der Waals surface area contributed by atoms with E-state index in [9.17, 15) is 0 Å². The van der Waals surface area contributed by atoms with E-state index in [2.05, 4.69) is 29.4 Å². The Labute approximate surface area is 127 Å². The molecule has 21 heavy (non-hydrogen) atoms. The zero-order valence-electron chi connectivity index (χ0n) is 12.8. The smallest absolute Gasteiger partial charge is 0.121 e. The fraction of sp³-hybridized carbons (Fsp3) is 0.647. The van der Waals surface area contributed by atoms with Crippen LogP contribution in [0.1, 0.15) is 25.7 Å². The summed E-state index contributed by atoms with van der Waals surface area (Å²) in [4.78, 5) is 2.39. The van der Waals surface area contributed by atoms with Crippen molar-refractivity contribution in [3.63, 3.8) is 0 Å². The summed E-state index contributed by atoms with van der Waals surface area (Å²) in [6.45, 7) is 3.66. The molecule has 2 saturated heterocycles. The SMILES string of the molecule is CN1CCC[C@H]1COc1cc[c]c(NC2CCOCC2)c1. The zero-order chi connectivity index (χ0) is 14.5. The molecule has 1 atom stereocenters. The van der Waals surface area contributed by atoms with Gasteiger partial charge in [-0.15, -0.1) is 0 Å². The van der Waals surface area contributed by atoms with Crippen LogP contribution in [0.4, 0.5) is 5.69 Å². The molecule has 1 radical (unpaired) electrons. The normalized spacial score (nSPS) is 24.1. The van der Waals surface area contributed by atoms with E-state index in [1.807, 2.05) is 12.1 Å². The minimum absolute atomic E-state index is 0.492. The Morgan fingerprint density at radius 1 is 1.38 bits per heavy atom. The molecule has 0 amide bonds. The topological polar surface area (TPSA) is 33.7 Å². The Balaban J connectivity index is 1.52. The Morgan fingerprint density at radius 3 is 3.00 bits per heavy atom. The molecular formula is C17H25N2O2. The molecule has 0 unspecified atom stereocenters. The van der Waals surface area contributed by atoms with E-state index >= 15 is 0 Å². The Hall–Kier alpha value is -1.26. The van der Waals surface area contributed by atoms with Crippen molar-refractivity contribution in [3.8, 4) is 5.75 Å². The fourth-order valence-electron chi connectivity index (χ4n) is 3.06. The summed E-state index contributed by atoms with van der Waals surface area (Å²) in [6.07, 6.45) is 4.64. The van der Waals surface area contributed by atoms with Crippen LogP contribution in [0.3, 0.4) is 0 Å². The molecule has 2 heterocycles. The Kier molecular flexibility index (Phi) is 4.99. The highest BCUT2D eigenvalue weighted by molar-refractivity contribution is 5.47. The average molecular weight is 289 g/mol. The highest BCUT2D eigenvalue weighted by Crippen LogP contribution is 2.22. The summed E-state index contributed by atoms with van der Waals surface area (Å²) in [5, 5.41) is 3.53. The second kappa shape index (κ2) is 7.14. The Morgan fingerprint density at radius 2 is 2.24 bits per heavy atom. The van der Waals surface area contributed by atoms with Crippen LogP contribution in [-0.4, -0.2) is 50.4 Å². The van der Waals surface area contributed by atoms with Crippen molar-refractivity contribution in [2.75, 3.05) is 38.7 Å². The summed E-state index contributed by atoms with van der Waals surface area (Å²) in [7, 11) is 2.18. The summed E-state index contributed by atoms with van der Waals surface area (Å²) in [6, 6.07) is 10.3. The number of rotatable bonds is 5. The number of likely N-dealkylation sites (N-methyl/N-ethyl adjacent to an activating group) is 1. The predicted octanol–water partition coefficient (Wildman–Crippen LogP) is 2.55. The maximum Gasteiger partial charge on any atom is 0.121 e. The van der Waals surface area contributed by atoms with Gasteiger partial charge in [-0.25, -0.2) is 0 Å². The highest BCUT2D eigenvalue weighted by atomic mass is 16.5. The number of benzene rings is 1. The van der Waals surface area contributed by atoms with Crippen molar-refractivity contribution in [3.05, 3.63) is 24.3 Å². The van der Waals surface area contributed by atoms with Gasteiger partial charge in [-0.2, -0.15) is 0 Å². The van der Waals surface area contributed by atoms with Gasteiger partial charge in [0, 0.05) is 43.1 Å². The molecule has 0 aromatic heterocycles. The number of nitrogens with one attached hydrogen (secondary N) is 1. The average Bonchev–Trinajstić information content (AvgIpc) is 2.92. The van der Waals surface area contributed by atoms with E-state index in [-0.39, 0.29) is 0 Å². The van der Waals surface area contributed by atoms with Gasteiger partial charge in [-0.05, 0) is 51.4 Å². The van der Waals surface area contributed by atoms with Crippen molar-refractivity contribution < 1.29 is 9.47 Å². The third-order valence-corrected chi connectivity index (χ3v) is 4.47. The quantitative estimate of drug-likeness (QED) is 0.903. The molecule has 1 N–H and O–H groups in total. The van der Waals surface area contributed by atoms with Crippen LogP contribution in [-0.2, 0) is 4.74 Å². The third kappa shape index (κ3) is 4.11. The summed E-state index contributed by atoms with van der Waals surface area (Å²) >= 11 is 0. The second-order valence-corrected chi connectivity index (χ2v) is 6.06. The van der Waals surface area contributed by atoms with Crippen molar-refractivity contribution in [1.29, 1.82) is 0 Å². The minimum Gasteiger partial charge on any atom is -0.492 e. The predicted molar refractivity (Wildman–Crippen MR) is 83.9 cm³/mol. The number of likely N-dealkylation sites (tertiary alicyclic amines) is 1. The van der Waals surface area contributed by atoms with E-state index in [1.165, 1.54) is 19.4 Å². The summed E-state index contributed by atoms with van der Waals surface area (Å²) in [5.74, 6) is 0.934. The first-order valence-electron chi connectivity index (χ1n) is 8.00. The number of hydrogen-bond donors (Lipinski definition) is 1. The van der Waals surface area contributed by atoms with Gasteiger partial charge < -0.3 is 19.7 Å². The molecule has 115 valence electrons. The number of nitrogens with zero attached hydrogens (tertiary/aromatic N) is 1. The molecule has 2 aliphatic rings. The van der Waals surface area contributed by atoms with Crippen LogP contribution in [0.2, 0.25) is 0 Å². The first-order chi connectivity index (χ1) is 10.3. The molecule has 1 aromatic rings. The Bertz CT molecular complexity index is 446. The molecule has 0 saturated carbocycles. The maximum absolute atomic E-state index is 5.96. The molecule has 4 heteroatoms. The minimum atomic E-state index is 0.492. The van der Waals surface area contributed by atoms with Crippen molar-refractivity contribution >= 4 is 5.69 Å². The summed E-state index contributed by atoms with van der Waals surface area (Å²) in [5.41, 5.74) is 1.03. The molecule has 4 nitrogen and oxygen atoms in total. The lowest BCUT2D eigenvalue weighted by atomic mass is 10.1. The van der Waals surface area contributed by atoms with Crippen LogP contribution in [0.25, 0.3) is 0 Å². The van der Waals surface area contributed by atoms with Crippen LogP contribution in [0.15, 0.2) is 18.2 Å². The van der Waals surface area contributed by atoms with Gasteiger partial charge in [0.15, 0.2) is 0 Å². The lowest BCUT2D eigenvalue weighted by Crippen LogP contribution is -2.30. The largest absolute Gasteiger partial charge is 0.492 e. The van der Waals surface area contributed by atoms with Gasteiger partial charge in [0.1, 0.15) is 12.4 Å². The molecule has 2 fully saturated rings. The molecule has 0 spiro atoms. The standard InChI is InChI=1S/C17H25N2O2/c1-19-9-3-5-16(19)13-21-17-6-2-4-15(12-17)18-14-7-10-20-11-8-14/h2,6,12,14,16,18H,3,5,7-11,13H2,1H3/t16-/m0/s1.